The van der Waals surface area contributed by atoms with Gasteiger partial charge < -0.3 is 55.1 Å². The number of allylic oxidation sites excluding steroid dienone is 4. The monoisotopic (exact) mass is 1060 g/mol. The minimum atomic E-state index is -2.04. The topological polar surface area (TPSA) is 238 Å². The van der Waals surface area contributed by atoms with E-state index in [0.29, 0.717) is 37.5 Å². The number of nitrogens with zero attached hydrogens (tertiary/aromatic N) is 3. The van der Waals surface area contributed by atoms with Crippen molar-refractivity contribution in [2.75, 3.05) is 45.2 Å². The first-order valence-corrected chi connectivity index (χ1v) is 27.3. The summed E-state index contributed by atoms with van der Waals surface area (Å²) in [5, 5.41) is 44.7. The van der Waals surface area contributed by atoms with Crippen molar-refractivity contribution in [3.8, 4) is 11.5 Å². The van der Waals surface area contributed by atoms with Gasteiger partial charge in [-0.2, -0.15) is 0 Å². The molecule has 1 spiro atoms. The predicted molar refractivity (Wildman–Crippen MR) is 290 cm³/mol. The molecule has 9 rings (SSSR count). The number of carbonyl (C=O) groups is 5. The van der Waals surface area contributed by atoms with Crippen LogP contribution < -0.4 is 20.7 Å². The largest absolute Gasteiger partial charge is 0.507 e. The predicted octanol–water partition coefficient (Wildman–Crippen LogP) is 6.61. The second-order valence-electron chi connectivity index (χ2n) is 22.7. The van der Waals surface area contributed by atoms with E-state index in [1.54, 1.807) is 65.0 Å². The lowest BCUT2D eigenvalue weighted by molar-refractivity contribution is -0.164. The van der Waals surface area contributed by atoms with Gasteiger partial charge >= 0.3 is 11.8 Å². The number of phenolic OH excluding ortho intramolecular Hbond substituents is 1. The van der Waals surface area contributed by atoms with Crippen molar-refractivity contribution in [3.05, 3.63) is 99.6 Å². The number of aliphatic imine (C=N–C) groups is 1. The summed E-state index contributed by atoms with van der Waals surface area (Å²) in [5.41, 5.74) is 1.21. The van der Waals surface area contributed by atoms with Crippen molar-refractivity contribution >= 4 is 40.7 Å². The molecule has 2 amide bonds. The molecule has 1 aliphatic carbocycles. The van der Waals surface area contributed by atoms with Crippen molar-refractivity contribution in [3.63, 3.8) is 0 Å². The molecule has 18 heteroatoms. The summed E-state index contributed by atoms with van der Waals surface area (Å²) in [6.45, 7) is 20.9. The van der Waals surface area contributed by atoms with Crippen LogP contribution >= 0.6 is 0 Å². The highest BCUT2D eigenvalue weighted by Crippen LogP contribution is 2.50. The number of likely N-dealkylation sites (tertiary alicyclic amines) is 2. The lowest BCUT2D eigenvalue weighted by atomic mass is 9.78. The molecule has 77 heavy (non-hydrogen) atoms. The number of aliphatic hydroxyl groups is 2. The minimum absolute atomic E-state index is 0.000768. The molecule has 2 aromatic rings. The molecule has 6 aliphatic heterocycles. The van der Waals surface area contributed by atoms with E-state index in [1.807, 2.05) is 12.1 Å². The molecule has 18 nitrogen and oxygen atoms in total. The van der Waals surface area contributed by atoms with Crippen LogP contribution in [0, 0.1) is 36.5 Å². The van der Waals surface area contributed by atoms with E-state index in [0.717, 1.165) is 31.7 Å². The number of fused-ring (bicyclic) bond motifs is 13. The number of benzene rings is 2. The van der Waals surface area contributed by atoms with Crippen LogP contribution in [0.4, 0.5) is 5.69 Å². The summed E-state index contributed by atoms with van der Waals surface area (Å²) in [4.78, 5) is 81.1. The first kappa shape index (κ1) is 57.0. The second kappa shape index (κ2) is 23.4. The van der Waals surface area contributed by atoms with Crippen LogP contribution in [0.1, 0.15) is 131 Å². The van der Waals surface area contributed by atoms with Crippen LogP contribution in [0.2, 0.25) is 0 Å². The number of rotatable bonds is 9. The van der Waals surface area contributed by atoms with E-state index in [9.17, 15) is 39.3 Å². The first-order chi connectivity index (χ1) is 36.5. The first-order valence-electron chi connectivity index (χ1n) is 27.3. The zero-order valence-corrected chi connectivity index (χ0v) is 46.2. The van der Waals surface area contributed by atoms with E-state index in [1.165, 1.54) is 52.6 Å². The highest BCUT2D eigenvalue weighted by Gasteiger charge is 2.54. The summed E-state index contributed by atoms with van der Waals surface area (Å²) < 4.78 is 24.6. The van der Waals surface area contributed by atoms with Crippen LogP contribution in [-0.2, 0) is 35.1 Å². The maximum atomic E-state index is 15.0. The van der Waals surface area contributed by atoms with Gasteiger partial charge in [0.25, 0.3) is 11.7 Å². The number of Topliss-reactive ketones (excluding diaryl/α,β-unsaturated/α-hetero) is 2. The SMILES string of the molecule is CO[C@H]1/C=C/O[C@@]2(C)Oc3c(C)c(O)c4c(c3C2=O)C2=NC3(CCN(CC(C)C)CC3)NC2=C(NC(=O)/C(C)=C\C=C\[C@H](C)[C@H](O)[C@@H](C)[C@@H](O)[C@@H](C)[C@H](OC(=O)CC(=O)Nc2ccc(CN3CCCCC3)cc2)[C@@H]1C)C4=O. The van der Waals surface area contributed by atoms with Crippen molar-refractivity contribution < 1.29 is 58.2 Å². The molecule has 5 bridgehead atoms. The van der Waals surface area contributed by atoms with E-state index in [2.05, 4.69) is 39.6 Å². The fourth-order valence-electron chi connectivity index (χ4n) is 11.7. The van der Waals surface area contributed by atoms with Gasteiger partial charge in [0, 0.05) is 99.1 Å². The van der Waals surface area contributed by atoms with Gasteiger partial charge in [0.15, 0.2) is 0 Å². The van der Waals surface area contributed by atoms with Crippen LogP contribution in [0.25, 0.3) is 0 Å². The summed E-state index contributed by atoms with van der Waals surface area (Å²) in [5.74, 6) is -8.44. The molecule has 0 saturated carbocycles. The number of aromatic hydroxyl groups is 1. The average molecular weight is 1060 g/mol. The fourth-order valence-corrected chi connectivity index (χ4v) is 11.7. The number of piperidine rings is 2. The Hall–Kier alpha value is -6.18. The molecular weight excluding hydrogens is 985 g/mol. The van der Waals surface area contributed by atoms with Crippen LogP contribution in [0.5, 0.6) is 11.5 Å². The lowest BCUT2D eigenvalue weighted by Gasteiger charge is -2.38. The van der Waals surface area contributed by atoms with Gasteiger partial charge in [0.05, 0.1) is 47.1 Å². The number of ether oxygens (including phenoxy) is 4. The van der Waals surface area contributed by atoms with Gasteiger partial charge in [0.2, 0.25) is 11.7 Å². The van der Waals surface area contributed by atoms with Gasteiger partial charge in [-0.15, -0.1) is 0 Å². The molecule has 9 atom stereocenters. The molecule has 0 unspecified atom stereocenters. The number of esters is 1. The second-order valence-corrected chi connectivity index (χ2v) is 22.7. The van der Waals surface area contributed by atoms with Crippen LogP contribution in [0.15, 0.2) is 76.8 Å². The van der Waals surface area contributed by atoms with Gasteiger partial charge in [-0.1, -0.05) is 78.3 Å². The molecule has 2 aromatic carbocycles. The molecule has 0 aromatic heterocycles. The molecule has 6 heterocycles. The molecule has 2 saturated heterocycles. The van der Waals surface area contributed by atoms with E-state index >= 15 is 0 Å². The average Bonchev–Trinajstić information content (AvgIpc) is 3.96. The highest BCUT2D eigenvalue weighted by atomic mass is 16.7. The number of phenols is 1. The molecular formula is C59H78N6O12. The van der Waals surface area contributed by atoms with Gasteiger partial charge in [-0.25, -0.2) is 0 Å². The number of carbonyl (C=O) groups excluding carboxylic acids is 5. The summed E-state index contributed by atoms with van der Waals surface area (Å²) in [7, 11) is 1.44. The number of hydrogen-bond donors (Lipinski definition) is 6. The highest BCUT2D eigenvalue weighted by molar-refractivity contribution is 6.34. The molecule has 2 fully saturated rings. The minimum Gasteiger partial charge on any atom is -0.507 e. The number of aliphatic hydroxyl groups excluding tert-OH is 2. The lowest BCUT2D eigenvalue weighted by Crippen LogP contribution is -2.50. The van der Waals surface area contributed by atoms with Crippen LogP contribution in [-0.4, -0.2) is 136 Å². The number of nitrogens with one attached hydrogen (secondary N) is 3. The van der Waals surface area contributed by atoms with Gasteiger partial charge in [-0.3, -0.25) is 33.9 Å². The van der Waals surface area contributed by atoms with Crippen molar-refractivity contribution in [1.29, 1.82) is 0 Å². The normalized spacial score (nSPS) is 30.6. The van der Waals surface area contributed by atoms with E-state index < -0.39 is 101 Å². The van der Waals surface area contributed by atoms with Crippen molar-refractivity contribution in [1.82, 2.24) is 20.4 Å². The Labute approximate surface area is 452 Å². The van der Waals surface area contributed by atoms with Gasteiger partial charge in [0.1, 0.15) is 35.4 Å². The number of amides is 2. The Kier molecular flexibility index (Phi) is 17.3. The smallest absolute Gasteiger partial charge is 0.315 e. The van der Waals surface area contributed by atoms with Crippen LogP contribution in [0.3, 0.4) is 0 Å². The van der Waals surface area contributed by atoms with E-state index in [-0.39, 0.29) is 50.7 Å². The van der Waals surface area contributed by atoms with Crippen molar-refractivity contribution in [2.24, 2.45) is 34.6 Å². The quantitative estimate of drug-likeness (QED) is 0.114. The maximum Gasteiger partial charge on any atom is 0.315 e. The Morgan fingerprint density at radius 2 is 1.57 bits per heavy atom. The fraction of sp³-hybridized carbons (Fsp3) is 0.559. The van der Waals surface area contributed by atoms with E-state index in [4.69, 9.17) is 23.9 Å². The number of hydrogen-bond acceptors (Lipinski definition) is 16. The standard InChI is InChI=1S/C59H78N6O12/c1-32(2)30-65-26-22-59(23-27-65)62-47-44-45-52(70)38(8)55-46(44)56(72)58(9,77-55)75-28-21-41(74-10)35(5)54(76-43(67)29-42(66)60-40-19-17-39(18-20-40)31-64-24-12-11-13-25-64)37(7)51(69)36(6)50(68)33(3)15-14-16-34(4)57(73)61-49(53(45)71)48(47)63-59/h14-21,28,32-33,35-37,41,50-51,54,63,68-70H,11-13,22-27,29-31H2,1-10H3,(H,60,66)(H,61,73)/b15-14+,28-21+,34-16-/t33-,35+,36+,37+,41-,50-,51+,54+,58-/m0/s1. The number of ketones is 2. The third-order valence-electron chi connectivity index (χ3n) is 16.3. The Balaban J connectivity index is 1.11. The maximum absolute atomic E-state index is 15.0. The Morgan fingerprint density at radius 3 is 2.23 bits per heavy atom. The number of methoxy groups -OCH3 is 1. The number of anilines is 1. The zero-order valence-electron chi connectivity index (χ0n) is 46.2. The summed E-state index contributed by atoms with van der Waals surface area (Å²) in [6, 6.07) is 7.52. The third kappa shape index (κ3) is 12.0. The summed E-state index contributed by atoms with van der Waals surface area (Å²) >= 11 is 0. The van der Waals surface area contributed by atoms with Gasteiger partial charge in [-0.05, 0) is 69.5 Å². The zero-order chi connectivity index (χ0) is 55.7. The molecule has 6 N–H and O–H groups in total. The third-order valence-corrected chi connectivity index (χ3v) is 16.3. The molecule has 7 aliphatic rings. The van der Waals surface area contributed by atoms with Crippen molar-refractivity contribution in [2.45, 2.75) is 143 Å². The Bertz CT molecular complexity index is 2770. The summed E-state index contributed by atoms with van der Waals surface area (Å²) in [6.07, 6.45) is 7.27. The molecule has 416 valence electrons. The molecule has 0 radical (unpaired) electrons. The Morgan fingerprint density at radius 1 is 0.883 bits per heavy atom.